The number of hydrogen-bond acceptors (Lipinski definition) is 7. The van der Waals surface area contributed by atoms with Gasteiger partial charge in [0.05, 0.1) is 29.6 Å². The van der Waals surface area contributed by atoms with Gasteiger partial charge in [-0.15, -0.1) is 0 Å². The van der Waals surface area contributed by atoms with Gasteiger partial charge in [-0.1, -0.05) is 18.2 Å². The number of aromatic nitrogens is 2. The van der Waals surface area contributed by atoms with Gasteiger partial charge < -0.3 is 9.47 Å². The van der Waals surface area contributed by atoms with Crippen LogP contribution in [0, 0.1) is 17.1 Å². The van der Waals surface area contributed by atoms with Crippen molar-refractivity contribution in [1.29, 1.82) is 5.26 Å². The van der Waals surface area contributed by atoms with E-state index in [1.807, 2.05) is 30.3 Å². The molecular weight excluding hydrogens is 471 g/mol. The van der Waals surface area contributed by atoms with E-state index in [2.05, 4.69) is 14.7 Å². The number of nitriles is 1. The average Bonchev–Trinajstić information content (AvgIpc) is 3.64. The van der Waals surface area contributed by atoms with Crippen LogP contribution >= 0.6 is 0 Å². The summed E-state index contributed by atoms with van der Waals surface area (Å²) in [5, 5.41) is 9.38. The lowest BCUT2D eigenvalue weighted by atomic mass is 10.0. The second kappa shape index (κ2) is 8.85. The molecular formula is C25H19FN4O4S. The van der Waals surface area contributed by atoms with Crippen LogP contribution in [0.3, 0.4) is 0 Å². The molecule has 1 aliphatic carbocycles. The molecule has 1 N–H and O–H groups in total. The molecule has 5 rings (SSSR count). The molecule has 0 atom stereocenters. The molecule has 3 aromatic carbocycles. The lowest BCUT2D eigenvalue weighted by molar-refractivity contribution is 0.286. The third-order valence-corrected chi connectivity index (χ3v) is 5.78. The van der Waals surface area contributed by atoms with Crippen LogP contribution in [0.1, 0.15) is 18.4 Å². The molecule has 1 heterocycles. The van der Waals surface area contributed by atoms with Crippen molar-refractivity contribution in [2.75, 3.05) is 11.0 Å². The van der Waals surface area contributed by atoms with E-state index in [0.717, 1.165) is 30.2 Å². The molecule has 8 nitrogen and oxygen atoms in total. The van der Waals surface area contributed by atoms with E-state index in [-0.39, 0.29) is 29.0 Å². The molecule has 0 aliphatic heterocycles. The van der Waals surface area contributed by atoms with Crippen molar-refractivity contribution in [3.8, 4) is 34.4 Å². The molecule has 176 valence electrons. The zero-order chi connectivity index (χ0) is 24.6. The number of rotatable bonds is 7. The Balaban J connectivity index is 1.34. The van der Waals surface area contributed by atoms with Gasteiger partial charge in [0, 0.05) is 12.1 Å². The minimum atomic E-state index is -3.44. The van der Waals surface area contributed by atoms with Gasteiger partial charge in [0.1, 0.15) is 23.1 Å². The van der Waals surface area contributed by atoms with Crippen molar-refractivity contribution < 1.29 is 22.3 Å². The van der Waals surface area contributed by atoms with Crippen LogP contribution in [0.5, 0.6) is 17.2 Å². The molecule has 0 amide bonds. The van der Waals surface area contributed by atoms with Crippen LogP contribution in [-0.4, -0.2) is 30.7 Å². The Bertz CT molecular complexity index is 1580. The maximum atomic E-state index is 14.5. The van der Waals surface area contributed by atoms with Crippen molar-refractivity contribution in [2.45, 2.75) is 18.9 Å². The summed E-state index contributed by atoms with van der Waals surface area (Å²) in [6.07, 6.45) is 4.11. The van der Waals surface area contributed by atoms with Crippen LogP contribution in [0.4, 0.5) is 10.2 Å². The molecule has 0 saturated heterocycles. The standard InChI is InChI=1S/C25H19FN4O4S/c1-35(31,32)30-24-14-28-23-11-16(4-9-22(23)29-24)15-2-5-18(6-3-15)33-20-10-17(13-27)25(21(26)12-20)34-19-7-8-19/h2-6,9-12,14,19H,7-8H2,1H3,(H,29,30). The summed E-state index contributed by atoms with van der Waals surface area (Å²) in [4.78, 5) is 8.56. The predicted octanol–water partition coefficient (Wildman–Crippen LogP) is 5.01. The van der Waals surface area contributed by atoms with Crippen molar-refractivity contribution in [2.24, 2.45) is 0 Å². The molecule has 0 bridgehead atoms. The minimum absolute atomic E-state index is 0.0248. The largest absolute Gasteiger partial charge is 0.486 e. The number of fused-ring (bicyclic) bond motifs is 1. The fourth-order valence-corrected chi connectivity index (χ4v) is 3.94. The highest BCUT2D eigenvalue weighted by atomic mass is 32.2. The lowest BCUT2D eigenvalue weighted by Crippen LogP contribution is -2.11. The number of sulfonamides is 1. The van der Waals surface area contributed by atoms with Gasteiger partial charge in [-0.05, 0) is 48.2 Å². The first-order valence-electron chi connectivity index (χ1n) is 10.7. The smallest absolute Gasteiger partial charge is 0.231 e. The van der Waals surface area contributed by atoms with Crippen molar-refractivity contribution in [1.82, 2.24) is 9.97 Å². The van der Waals surface area contributed by atoms with E-state index in [4.69, 9.17) is 9.47 Å². The first-order valence-corrected chi connectivity index (χ1v) is 12.6. The summed E-state index contributed by atoms with van der Waals surface area (Å²) >= 11 is 0. The molecule has 35 heavy (non-hydrogen) atoms. The topological polar surface area (TPSA) is 114 Å². The molecule has 1 saturated carbocycles. The normalized spacial score (nSPS) is 13.3. The third kappa shape index (κ3) is 5.31. The van der Waals surface area contributed by atoms with Crippen LogP contribution in [0.25, 0.3) is 22.2 Å². The molecule has 0 radical (unpaired) electrons. The Labute approximate surface area is 201 Å². The second-order valence-corrected chi connectivity index (χ2v) is 9.92. The van der Waals surface area contributed by atoms with Gasteiger partial charge in [-0.3, -0.25) is 9.71 Å². The lowest BCUT2D eigenvalue weighted by Gasteiger charge is -2.11. The number of nitrogens with one attached hydrogen (secondary N) is 1. The SMILES string of the molecule is CS(=O)(=O)Nc1cnc2cc(-c3ccc(Oc4cc(F)c(OC5CC5)c(C#N)c4)cc3)ccc2n1. The highest BCUT2D eigenvalue weighted by Gasteiger charge is 2.27. The average molecular weight is 491 g/mol. The first-order chi connectivity index (χ1) is 16.8. The minimum Gasteiger partial charge on any atom is -0.486 e. The Kier molecular flexibility index (Phi) is 5.70. The van der Waals surface area contributed by atoms with E-state index in [1.165, 1.54) is 18.3 Å². The molecule has 1 aromatic heterocycles. The fraction of sp³-hybridized carbons (Fsp3) is 0.160. The van der Waals surface area contributed by atoms with Crippen molar-refractivity contribution >= 4 is 26.9 Å². The third-order valence-electron chi connectivity index (χ3n) is 5.20. The summed E-state index contributed by atoms with van der Waals surface area (Å²) in [6, 6.07) is 17.3. The Morgan fingerprint density at radius 2 is 1.77 bits per heavy atom. The predicted molar refractivity (Wildman–Crippen MR) is 128 cm³/mol. The van der Waals surface area contributed by atoms with E-state index in [0.29, 0.717) is 16.8 Å². The number of benzene rings is 3. The van der Waals surface area contributed by atoms with Crippen LogP contribution < -0.4 is 14.2 Å². The summed E-state index contributed by atoms with van der Waals surface area (Å²) in [6.45, 7) is 0. The number of halogens is 1. The summed E-state index contributed by atoms with van der Waals surface area (Å²) in [7, 11) is -3.44. The number of hydrogen-bond donors (Lipinski definition) is 1. The molecule has 0 unspecified atom stereocenters. The molecule has 4 aromatic rings. The monoisotopic (exact) mass is 490 g/mol. The Morgan fingerprint density at radius 3 is 2.46 bits per heavy atom. The van der Waals surface area contributed by atoms with Crippen LogP contribution in [0.2, 0.25) is 0 Å². The maximum Gasteiger partial charge on any atom is 0.231 e. The van der Waals surface area contributed by atoms with Crippen LogP contribution in [-0.2, 0) is 10.0 Å². The number of ether oxygens (including phenoxy) is 2. The zero-order valence-corrected chi connectivity index (χ0v) is 19.3. The van der Waals surface area contributed by atoms with Crippen LogP contribution in [0.15, 0.2) is 60.8 Å². The number of nitrogens with zero attached hydrogens (tertiary/aromatic N) is 3. The molecule has 10 heteroatoms. The highest BCUT2D eigenvalue weighted by Crippen LogP contribution is 2.35. The summed E-state index contributed by atoms with van der Waals surface area (Å²) < 4.78 is 50.9. The Morgan fingerprint density at radius 1 is 1.03 bits per heavy atom. The van der Waals surface area contributed by atoms with Gasteiger partial charge in [-0.25, -0.2) is 17.8 Å². The van der Waals surface area contributed by atoms with E-state index in [9.17, 15) is 18.1 Å². The van der Waals surface area contributed by atoms with E-state index < -0.39 is 15.8 Å². The highest BCUT2D eigenvalue weighted by molar-refractivity contribution is 7.92. The quantitative estimate of drug-likeness (QED) is 0.387. The fourth-order valence-electron chi connectivity index (χ4n) is 3.46. The summed E-state index contributed by atoms with van der Waals surface area (Å²) in [5.41, 5.74) is 3.01. The molecule has 1 aliphatic rings. The van der Waals surface area contributed by atoms with E-state index >= 15 is 0 Å². The maximum absolute atomic E-state index is 14.5. The van der Waals surface area contributed by atoms with Gasteiger partial charge in [-0.2, -0.15) is 5.26 Å². The van der Waals surface area contributed by atoms with Gasteiger partial charge in [0.25, 0.3) is 0 Å². The van der Waals surface area contributed by atoms with E-state index in [1.54, 1.807) is 18.2 Å². The zero-order valence-electron chi connectivity index (χ0n) is 18.5. The molecule has 0 spiro atoms. The van der Waals surface area contributed by atoms with Gasteiger partial charge >= 0.3 is 0 Å². The second-order valence-electron chi connectivity index (χ2n) is 8.17. The van der Waals surface area contributed by atoms with Crippen molar-refractivity contribution in [3.05, 3.63) is 72.2 Å². The van der Waals surface area contributed by atoms with Crippen molar-refractivity contribution in [3.63, 3.8) is 0 Å². The van der Waals surface area contributed by atoms with Gasteiger partial charge in [0.2, 0.25) is 10.0 Å². The number of anilines is 1. The molecule has 1 fully saturated rings. The Hall–Kier alpha value is -4.23. The summed E-state index contributed by atoms with van der Waals surface area (Å²) in [5.74, 6) is 0.169. The first kappa shape index (κ1) is 22.6. The van der Waals surface area contributed by atoms with Gasteiger partial charge in [0.15, 0.2) is 17.4 Å².